The Morgan fingerprint density at radius 1 is 1.22 bits per heavy atom. The number of rotatable bonds is 8. The highest BCUT2D eigenvalue weighted by Gasteiger charge is 2.19. The molecule has 7 heteroatoms. The van der Waals surface area contributed by atoms with Crippen LogP contribution in [-0.2, 0) is 11.3 Å². The molecular formula is C20H25N4O3+. The van der Waals surface area contributed by atoms with E-state index in [9.17, 15) is 4.79 Å². The summed E-state index contributed by atoms with van der Waals surface area (Å²) in [6.07, 6.45) is 2.51. The predicted octanol–water partition coefficient (Wildman–Crippen LogP) is 2.38. The molecule has 0 saturated carbocycles. The molecule has 0 spiro atoms. The van der Waals surface area contributed by atoms with Gasteiger partial charge < -0.3 is 19.1 Å². The number of hydrogen-bond acceptors (Lipinski definition) is 5. The monoisotopic (exact) mass is 369 g/mol. The van der Waals surface area contributed by atoms with E-state index in [2.05, 4.69) is 28.5 Å². The molecule has 142 valence electrons. The average Bonchev–Trinajstić information content (AvgIpc) is 3.29. The van der Waals surface area contributed by atoms with Crippen LogP contribution in [0, 0.1) is 13.8 Å². The maximum Gasteiger partial charge on any atom is 0.283 e. The molecule has 0 saturated heterocycles. The third-order valence-electron chi connectivity index (χ3n) is 4.27. The number of carbonyl (C=O) groups is 1. The summed E-state index contributed by atoms with van der Waals surface area (Å²) in [5.74, 6) is 1.35. The van der Waals surface area contributed by atoms with Crippen LogP contribution < -0.4 is 10.2 Å². The van der Waals surface area contributed by atoms with E-state index >= 15 is 0 Å². The Hall–Kier alpha value is -2.93. The molecule has 2 heterocycles. The summed E-state index contributed by atoms with van der Waals surface area (Å²) in [4.78, 5) is 13.6. The molecule has 0 aliphatic rings. The summed E-state index contributed by atoms with van der Waals surface area (Å²) < 4.78 is 10.9. The zero-order chi connectivity index (χ0) is 19.2. The molecule has 1 amide bonds. The van der Waals surface area contributed by atoms with E-state index in [1.54, 1.807) is 18.4 Å². The van der Waals surface area contributed by atoms with Crippen LogP contribution in [0.2, 0.25) is 0 Å². The quantitative estimate of drug-likeness (QED) is 0.637. The number of anilines is 1. The van der Waals surface area contributed by atoms with Gasteiger partial charge >= 0.3 is 0 Å². The van der Waals surface area contributed by atoms with E-state index in [4.69, 9.17) is 8.83 Å². The smallest absolute Gasteiger partial charge is 0.283 e. The number of quaternary nitrogens is 1. The third kappa shape index (κ3) is 5.04. The zero-order valence-corrected chi connectivity index (χ0v) is 15.9. The molecule has 1 atom stereocenters. The van der Waals surface area contributed by atoms with Crippen molar-refractivity contribution in [1.29, 1.82) is 0 Å². The van der Waals surface area contributed by atoms with E-state index < -0.39 is 0 Å². The van der Waals surface area contributed by atoms with Gasteiger partial charge in [-0.15, -0.1) is 10.2 Å². The lowest BCUT2D eigenvalue weighted by molar-refractivity contribution is -0.907. The zero-order valence-electron chi connectivity index (χ0n) is 15.9. The van der Waals surface area contributed by atoms with E-state index in [1.807, 2.05) is 26.0 Å². The number of hydrogen-bond donors (Lipinski definition) is 2. The molecule has 0 aliphatic carbocycles. The number of nitrogens with zero attached hydrogens (tertiary/aromatic N) is 2. The van der Waals surface area contributed by atoms with Gasteiger partial charge in [-0.05, 0) is 44.0 Å². The van der Waals surface area contributed by atoms with Gasteiger partial charge in [0.25, 0.3) is 17.7 Å². The summed E-state index contributed by atoms with van der Waals surface area (Å²) in [6, 6.07) is 9.53. The van der Waals surface area contributed by atoms with Gasteiger partial charge in [0, 0.05) is 5.69 Å². The molecule has 0 aliphatic heterocycles. The lowest BCUT2D eigenvalue weighted by Gasteiger charge is -2.17. The highest BCUT2D eigenvalue weighted by atomic mass is 16.4. The second-order valence-corrected chi connectivity index (χ2v) is 6.70. The van der Waals surface area contributed by atoms with Crippen molar-refractivity contribution >= 4 is 11.6 Å². The van der Waals surface area contributed by atoms with Crippen LogP contribution in [0.3, 0.4) is 0 Å². The van der Waals surface area contributed by atoms with Crippen LogP contribution in [0.1, 0.15) is 30.4 Å². The van der Waals surface area contributed by atoms with E-state index in [1.165, 1.54) is 5.56 Å². The lowest BCUT2D eigenvalue weighted by Crippen LogP contribution is -3.11. The molecule has 2 N–H and O–H groups in total. The van der Waals surface area contributed by atoms with E-state index in [0.29, 0.717) is 30.6 Å². The number of aromatic nitrogens is 2. The van der Waals surface area contributed by atoms with Crippen molar-refractivity contribution in [3.05, 3.63) is 53.6 Å². The largest absolute Gasteiger partial charge is 0.459 e. The van der Waals surface area contributed by atoms with Crippen molar-refractivity contribution in [3.63, 3.8) is 0 Å². The normalized spacial score (nSPS) is 12.1. The summed E-state index contributed by atoms with van der Waals surface area (Å²) in [7, 11) is 0. The Morgan fingerprint density at radius 3 is 2.78 bits per heavy atom. The first-order chi connectivity index (χ1) is 13.0. The Kier molecular flexibility index (Phi) is 6.03. The predicted molar refractivity (Wildman–Crippen MR) is 101 cm³/mol. The first-order valence-electron chi connectivity index (χ1n) is 9.12. The number of furan rings is 1. The summed E-state index contributed by atoms with van der Waals surface area (Å²) in [5, 5.41) is 11.1. The summed E-state index contributed by atoms with van der Waals surface area (Å²) in [5.41, 5.74) is 3.08. The SMILES string of the molecule is CCC[NH+](CC(=O)Nc1ccc(C)cc1C)Cc1nnc(-c2ccco2)o1. The average molecular weight is 369 g/mol. The van der Waals surface area contributed by atoms with E-state index in [-0.39, 0.29) is 5.91 Å². The molecule has 3 rings (SSSR count). The van der Waals surface area contributed by atoms with Crippen LogP contribution >= 0.6 is 0 Å². The highest BCUT2D eigenvalue weighted by Crippen LogP contribution is 2.17. The first kappa shape index (κ1) is 18.8. The van der Waals surface area contributed by atoms with Gasteiger partial charge in [-0.25, -0.2) is 0 Å². The summed E-state index contributed by atoms with van der Waals surface area (Å²) >= 11 is 0. The molecule has 7 nitrogen and oxygen atoms in total. The van der Waals surface area contributed by atoms with Crippen LogP contribution in [-0.4, -0.2) is 29.2 Å². The van der Waals surface area contributed by atoms with Crippen molar-refractivity contribution in [1.82, 2.24) is 10.2 Å². The van der Waals surface area contributed by atoms with Crippen molar-refractivity contribution in [2.75, 3.05) is 18.4 Å². The van der Waals surface area contributed by atoms with Gasteiger partial charge in [-0.1, -0.05) is 24.6 Å². The minimum atomic E-state index is -0.0313. The van der Waals surface area contributed by atoms with Gasteiger partial charge in [-0.2, -0.15) is 0 Å². The minimum absolute atomic E-state index is 0.0313. The van der Waals surface area contributed by atoms with E-state index in [0.717, 1.165) is 29.1 Å². The number of benzene rings is 1. The van der Waals surface area contributed by atoms with Crippen LogP contribution in [0.4, 0.5) is 5.69 Å². The number of amides is 1. The maximum atomic E-state index is 12.5. The molecule has 0 fully saturated rings. The van der Waals surface area contributed by atoms with Gasteiger partial charge in [0.2, 0.25) is 0 Å². The molecule has 1 aromatic carbocycles. The fourth-order valence-corrected chi connectivity index (χ4v) is 3.01. The Morgan fingerprint density at radius 2 is 2.07 bits per heavy atom. The number of carbonyl (C=O) groups excluding carboxylic acids is 1. The Labute approximate surface area is 158 Å². The van der Waals surface area contributed by atoms with Crippen molar-refractivity contribution in [3.8, 4) is 11.7 Å². The third-order valence-corrected chi connectivity index (χ3v) is 4.27. The van der Waals surface area contributed by atoms with Crippen molar-refractivity contribution in [2.24, 2.45) is 0 Å². The van der Waals surface area contributed by atoms with Crippen molar-refractivity contribution < 1.29 is 18.5 Å². The molecule has 1 unspecified atom stereocenters. The van der Waals surface area contributed by atoms with Crippen LogP contribution in [0.25, 0.3) is 11.7 Å². The van der Waals surface area contributed by atoms with Crippen LogP contribution in [0.15, 0.2) is 45.4 Å². The molecular weight excluding hydrogens is 344 g/mol. The minimum Gasteiger partial charge on any atom is -0.459 e. The molecule has 2 aromatic heterocycles. The molecule has 0 bridgehead atoms. The molecule has 0 radical (unpaired) electrons. The van der Waals surface area contributed by atoms with Crippen molar-refractivity contribution in [2.45, 2.75) is 33.7 Å². The molecule has 3 aromatic rings. The van der Waals surface area contributed by atoms with Crippen LogP contribution in [0.5, 0.6) is 0 Å². The van der Waals surface area contributed by atoms with Gasteiger partial charge in [0.1, 0.15) is 0 Å². The Balaban J connectivity index is 1.62. The Bertz CT molecular complexity index is 887. The number of aryl methyl sites for hydroxylation is 2. The standard InChI is InChI=1S/C20H24N4O3/c1-4-9-24(12-18(25)21-16-8-7-14(2)11-15(16)3)13-19-22-23-20(27-19)17-6-5-10-26-17/h5-8,10-11H,4,9,12-13H2,1-3H3,(H,21,25)/p+1. The second-order valence-electron chi connectivity index (χ2n) is 6.70. The maximum absolute atomic E-state index is 12.5. The highest BCUT2D eigenvalue weighted by molar-refractivity contribution is 5.92. The van der Waals surface area contributed by atoms with Gasteiger partial charge in [0.15, 0.2) is 18.8 Å². The molecule has 27 heavy (non-hydrogen) atoms. The van der Waals surface area contributed by atoms with Gasteiger partial charge in [-0.3, -0.25) is 4.79 Å². The fourth-order valence-electron chi connectivity index (χ4n) is 3.01. The summed E-state index contributed by atoms with van der Waals surface area (Å²) in [6.45, 7) is 7.77. The van der Waals surface area contributed by atoms with Gasteiger partial charge in [0.05, 0.1) is 12.8 Å². The number of nitrogens with one attached hydrogen (secondary N) is 2. The first-order valence-corrected chi connectivity index (χ1v) is 9.12. The second kappa shape index (κ2) is 8.64. The fraction of sp³-hybridized carbons (Fsp3) is 0.350. The topological polar surface area (TPSA) is 85.6 Å². The lowest BCUT2D eigenvalue weighted by atomic mass is 10.1.